The van der Waals surface area contributed by atoms with Gasteiger partial charge in [-0.05, 0) is 44.8 Å². The highest BCUT2D eigenvalue weighted by molar-refractivity contribution is 7.99. The summed E-state index contributed by atoms with van der Waals surface area (Å²) in [6, 6.07) is 5.56. The molecule has 0 aliphatic carbocycles. The molecule has 0 unspecified atom stereocenters. The molecule has 0 aromatic heterocycles. The summed E-state index contributed by atoms with van der Waals surface area (Å²) in [5.41, 5.74) is 5.47. The van der Waals surface area contributed by atoms with E-state index in [0.29, 0.717) is 0 Å². The van der Waals surface area contributed by atoms with Crippen molar-refractivity contribution in [1.29, 1.82) is 0 Å². The summed E-state index contributed by atoms with van der Waals surface area (Å²) >= 11 is 13.7. The summed E-state index contributed by atoms with van der Waals surface area (Å²) in [4.78, 5) is 3.32. The predicted molar refractivity (Wildman–Crippen MR) is 78.4 cm³/mol. The van der Waals surface area contributed by atoms with Crippen molar-refractivity contribution in [3.8, 4) is 0 Å². The van der Waals surface area contributed by atoms with Gasteiger partial charge in [0.05, 0.1) is 5.02 Å². The minimum atomic E-state index is 0.730. The van der Waals surface area contributed by atoms with Gasteiger partial charge in [0.1, 0.15) is 0 Å². The van der Waals surface area contributed by atoms with Gasteiger partial charge in [-0.25, -0.2) is 0 Å². The molecule has 0 amide bonds. The predicted octanol–water partition coefficient (Wildman–Crippen LogP) is 3.37. The van der Waals surface area contributed by atoms with Gasteiger partial charge in [0.25, 0.3) is 0 Å². The molecule has 1 aromatic carbocycles. The molecule has 96 valence electrons. The number of nitrogens with zero attached hydrogens (tertiary/aromatic N) is 1. The fourth-order valence-corrected chi connectivity index (χ4v) is 2.93. The molecule has 0 radical (unpaired) electrons. The Bertz CT molecular complexity index is 347. The standard InChI is InChI=1S/C12H18Cl2N2S/c1-16(6-2-5-15)7-8-17-12-9-10(13)3-4-11(12)14/h3-4,9H,2,5-8,15H2,1H3. The quantitative estimate of drug-likeness (QED) is 0.782. The minimum absolute atomic E-state index is 0.730. The fraction of sp³-hybridized carbons (Fsp3) is 0.500. The zero-order valence-electron chi connectivity index (χ0n) is 9.96. The van der Waals surface area contributed by atoms with Crippen LogP contribution in [0.2, 0.25) is 10.0 Å². The Morgan fingerprint density at radius 2 is 2.06 bits per heavy atom. The van der Waals surface area contributed by atoms with Crippen LogP contribution in [0.3, 0.4) is 0 Å². The van der Waals surface area contributed by atoms with E-state index in [4.69, 9.17) is 28.9 Å². The Morgan fingerprint density at radius 3 is 2.76 bits per heavy atom. The molecule has 0 saturated heterocycles. The third kappa shape index (κ3) is 5.98. The first-order valence-corrected chi connectivity index (χ1v) is 7.34. The van der Waals surface area contributed by atoms with Gasteiger partial charge in [-0.1, -0.05) is 23.2 Å². The summed E-state index contributed by atoms with van der Waals surface area (Å²) in [6.45, 7) is 2.81. The second-order valence-corrected chi connectivity index (χ2v) is 5.85. The van der Waals surface area contributed by atoms with Crippen LogP contribution in [0.1, 0.15) is 6.42 Å². The molecule has 0 bridgehead atoms. The van der Waals surface area contributed by atoms with Gasteiger partial charge in [-0.3, -0.25) is 0 Å². The third-order valence-corrected chi connectivity index (χ3v) is 4.08. The van der Waals surface area contributed by atoms with E-state index in [1.165, 1.54) is 0 Å². The van der Waals surface area contributed by atoms with Crippen LogP contribution in [0, 0.1) is 0 Å². The van der Waals surface area contributed by atoms with Crippen LogP contribution in [0.25, 0.3) is 0 Å². The molecule has 1 aromatic rings. The van der Waals surface area contributed by atoms with Gasteiger partial charge in [0.2, 0.25) is 0 Å². The van der Waals surface area contributed by atoms with E-state index in [-0.39, 0.29) is 0 Å². The van der Waals surface area contributed by atoms with Crippen molar-refractivity contribution in [2.24, 2.45) is 5.73 Å². The van der Waals surface area contributed by atoms with Gasteiger partial charge >= 0.3 is 0 Å². The Kier molecular flexibility index (Phi) is 7.32. The lowest BCUT2D eigenvalue weighted by molar-refractivity contribution is 0.352. The minimum Gasteiger partial charge on any atom is -0.330 e. The number of hydrogen-bond acceptors (Lipinski definition) is 3. The van der Waals surface area contributed by atoms with E-state index in [2.05, 4.69) is 11.9 Å². The first kappa shape index (κ1) is 15.1. The zero-order valence-corrected chi connectivity index (χ0v) is 12.3. The van der Waals surface area contributed by atoms with Crippen LogP contribution in [0.5, 0.6) is 0 Å². The van der Waals surface area contributed by atoms with E-state index in [1.807, 2.05) is 12.1 Å². The van der Waals surface area contributed by atoms with Crippen molar-refractivity contribution < 1.29 is 0 Å². The smallest absolute Gasteiger partial charge is 0.0542 e. The first-order chi connectivity index (χ1) is 8.13. The second kappa shape index (κ2) is 8.22. The molecule has 0 atom stereocenters. The highest BCUT2D eigenvalue weighted by Gasteiger charge is 2.03. The van der Waals surface area contributed by atoms with Gasteiger partial charge < -0.3 is 10.6 Å². The fourth-order valence-electron chi connectivity index (χ4n) is 1.37. The van der Waals surface area contributed by atoms with Crippen LogP contribution in [0.4, 0.5) is 0 Å². The SMILES string of the molecule is CN(CCCN)CCSc1cc(Cl)ccc1Cl. The molecule has 17 heavy (non-hydrogen) atoms. The molecule has 0 heterocycles. The molecule has 1 rings (SSSR count). The van der Waals surface area contributed by atoms with Gasteiger partial charge in [-0.15, -0.1) is 11.8 Å². The van der Waals surface area contributed by atoms with E-state index >= 15 is 0 Å². The molecule has 0 saturated carbocycles. The molecule has 2 N–H and O–H groups in total. The summed E-state index contributed by atoms with van der Waals surface area (Å²) in [6.07, 6.45) is 1.04. The van der Waals surface area contributed by atoms with Crippen molar-refractivity contribution in [2.45, 2.75) is 11.3 Å². The maximum Gasteiger partial charge on any atom is 0.0542 e. The van der Waals surface area contributed by atoms with Crippen LogP contribution in [-0.2, 0) is 0 Å². The summed E-state index contributed by atoms with van der Waals surface area (Å²) in [5, 5.41) is 1.50. The van der Waals surface area contributed by atoms with Crippen molar-refractivity contribution in [3.05, 3.63) is 28.2 Å². The highest BCUT2D eigenvalue weighted by atomic mass is 35.5. The van der Waals surface area contributed by atoms with Crippen LogP contribution in [0.15, 0.2) is 23.1 Å². The topological polar surface area (TPSA) is 29.3 Å². The second-order valence-electron chi connectivity index (χ2n) is 3.87. The van der Waals surface area contributed by atoms with Gasteiger partial charge in [0, 0.05) is 22.2 Å². The van der Waals surface area contributed by atoms with Crippen molar-refractivity contribution in [3.63, 3.8) is 0 Å². The van der Waals surface area contributed by atoms with E-state index in [1.54, 1.807) is 17.8 Å². The van der Waals surface area contributed by atoms with E-state index in [0.717, 1.165) is 46.7 Å². The molecule has 5 heteroatoms. The number of benzene rings is 1. The average molecular weight is 293 g/mol. The molecular weight excluding hydrogens is 275 g/mol. The molecule has 2 nitrogen and oxygen atoms in total. The number of hydrogen-bond donors (Lipinski definition) is 1. The van der Waals surface area contributed by atoms with Crippen molar-refractivity contribution in [2.75, 3.05) is 32.4 Å². The van der Waals surface area contributed by atoms with Crippen LogP contribution in [-0.4, -0.2) is 37.3 Å². The molecule has 0 aliphatic heterocycles. The Morgan fingerprint density at radius 1 is 1.29 bits per heavy atom. The number of thioether (sulfide) groups is 1. The van der Waals surface area contributed by atoms with E-state index < -0.39 is 0 Å². The molecule has 0 spiro atoms. The van der Waals surface area contributed by atoms with Crippen molar-refractivity contribution in [1.82, 2.24) is 4.90 Å². The molecule has 0 fully saturated rings. The first-order valence-electron chi connectivity index (χ1n) is 5.60. The van der Waals surface area contributed by atoms with Crippen molar-refractivity contribution >= 4 is 35.0 Å². The summed E-state index contributed by atoms with van der Waals surface area (Å²) in [5.74, 6) is 1.00. The zero-order chi connectivity index (χ0) is 12.7. The summed E-state index contributed by atoms with van der Waals surface area (Å²) < 4.78 is 0. The third-order valence-electron chi connectivity index (χ3n) is 2.37. The Labute approximate surface area is 117 Å². The normalized spacial score (nSPS) is 11.1. The lowest BCUT2D eigenvalue weighted by Crippen LogP contribution is -2.24. The summed E-state index contributed by atoms with van der Waals surface area (Å²) in [7, 11) is 2.11. The largest absolute Gasteiger partial charge is 0.330 e. The number of rotatable bonds is 7. The highest BCUT2D eigenvalue weighted by Crippen LogP contribution is 2.29. The molecule has 0 aliphatic rings. The van der Waals surface area contributed by atoms with Gasteiger partial charge in [0.15, 0.2) is 0 Å². The lowest BCUT2D eigenvalue weighted by atomic mass is 10.4. The lowest BCUT2D eigenvalue weighted by Gasteiger charge is -2.15. The number of nitrogens with two attached hydrogens (primary N) is 1. The maximum absolute atomic E-state index is 6.09. The van der Waals surface area contributed by atoms with Crippen LogP contribution < -0.4 is 5.73 Å². The van der Waals surface area contributed by atoms with Gasteiger partial charge in [-0.2, -0.15) is 0 Å². The van der Waals surface area contributed by atoms with Crippen LogP contribution >= 0.6 is 35.0 Å². The Hall–Kier alpha value is 0.0700. The monoisotopic (exact) mass is 292 g/mol. The number of halogens is 2. The molecular formula is C12H18Cl2N2S. The Balaban J connectivity index is 2.32. The van der Waals surface area contributed by atoms with E-state index in [9.17, 15) is 0 Å². The average Bonchev–Trinajstić information content (AvgIpc) is 2.31. The maximum atomic E-state index is 6.09.